The molecular weight excluding hydrogens is 330 g/mol. The summed E-state index contributed by atoms with van der Waals surface area (Å²) >= 11 is 7.77. The number of rotatable bonds is 5. The zero-order chi connectivity index (χ0) is 15.8. The molecule has 1 aromatic heterocycles. The highest BCUT2D eigenvalue weighted by molar-refractivity contribution is 7.21. The maximum Gasteiger partial charge on any atom is 0.349 e. The Kier molecular flexibility index (Phi) is 4.31. The van der Waals surface area contributed by atoms with E-state index < -0.39 is 0 Å². The number of nitrogens with zero attached hydrogens (tertiary/aromatic N) is 1. The number of hydrogen-bond donors (Lipinski definition) is 0. The van der Waals surface area contributed by atoms with E-state index in [9.17, 15) is 4.79 Å². The summed E-state index contributed by atoms with van der Waals surface area (Å²) in [5, 5.41) is 1.46. The molecule has 1 aromatic carbocycles. The van der Waals surface area contributed by atoms with Crippen LogP contribution in [0.5, 0.6) is 0 Å². The van der Waals surface area contributed by atoms with E-state index in [1.807, 2.05) is 24.3 Å². The lowest BCUT2D eigenvalue weighted by Gasteiger charge is -2.23. The van der Waals surface area contributed by atoms with E-state index in [4.69, 9.17) is 16.3 Å². The minimum Gasteiger partial charge on any atom is -0.460 e. The van der Waals surface area contributed by atoms with E-state index in [0.29, 0.717) is 22.5 Å². The van der Waals surface area contributed by atoms with Crippen molar-refractivity contribution in [2.24, 2.45) is 5.92 Å². The van der Waals surface area contributed by atoms with Gasteiger partial charge in [0.05, 0.1) is 5.02 Å². The van der Waals surface area contributed by atoms with Crippen LogP contribution in [0.4, 0.5) is 0 Å². The van der Waals surface area contributed by atoms with Crippen LogP contribution in [0.15, 0.2) is 24.3 Å². The molecular formula is C18H20ClNO2S. The van der Waals surface area contributed by atoms with Crippen molar-refractivity contribution in [3.05, 3.63) is 34.2 Å². The summed E-state index contributed by atoms with van der Waals surface area (Å²) in [6.07, 6.45) is 5.06. The normalized spacial score (nSPS) is 21.9. The number of likely N-dealkylation sites (tertiary alicyclic amines) is 1. The summed E-state index contributed by atoms with van der Waals surface area (Å²) < 4.78 is 6.63. The maximum absolute atomic E-state index is 12.4. The van der Waals surface area contributed by atoms with Gasteiger partial charge in [-0.3, -0.25) is 4.90 Å². The van der Waals surface area contributed by atoms with Crippen LogP contribution in [0, 0.1) is 5.92 Å². The van der Waals surface area contributed by atoms with Gasteiger partial charge in [0.25, 0.3) is 0 Å². The topological polar surface area (TPSA) is 29.5 Å². The van der Waals surface area contributed by atoms with Crippen LogP contribution in [0.3, 0.4) is 0 Å². The molecule has 5 heteroatoms. The predicted molar refractivity (Wildman–Crippen MR) is 94.4 cm³/mol. The van der Waals surface area contributed by atoms with Gasteiger partial charge in [0, 0.05) is 22.7 Å². The highest BCUT2D eigenvalue weighted by atomic mass is 35.5. The van der Waals surface area contributed by atoms with Crippen molar-refractivity contribution in [2.75, 3.05) is 19.7 Å². The number of thiophene rings is 1. The Balaban J connectivity index is 1.41. The van der Waals surface area contributed by atoms with E-state index in [1.165, 1.54) is 37.1 Å². The largest absolute Gasteiger partial charge is 0.460 e. The molecule has 1 atom stereocenters. The molecule has 0 radical (unpaired) electrons. The number of ether oxygens (including phenoxy) is 1. The fourth-order valence-corrected chi connectivity index (χ4v) is 4.74. The van der Waals surface area contributed by atoms with Crippen LogP contribution < -0.4 is 0 Å². The number of fused-ring (bicyclic) bond motifs is 1. The van der Waals surface area contributed by atoms with E-state index in [0.717, 1.165) is 29.0 Å². The molecule has 1 saturated heterocycles. The van der Waals surface area contributed by atoms with Gasteiger partial charge in [0.15, 0.2) is 0 Å². The minimum absolute atomic E-state index is 0.283. The molecule has 4 rings (SSSR count). The highest BCUT2D eigenvalue weighted by Crippen LogP contribution is 2.36. The summed E-state index contributed by atoms with van der Waals surface area (Å²) in [6.45, 7) is 2.80. The van der Waals surface area contributed by atoms with Crippen LogP contribution in [0.1, 0.15) is 35.4 Å². The van der Waals surface area contributed by atoms with Gasteiger partial charge in [-0.1, -0.05) is 29.8 Å². The van der Waals surface area contributed by atoms with E-state index in [1.54, 1.807) is 0 Å². The van der Waals surface area contributed by atoms with Crippen molar-refractivity contribution in [3.8, 4) is 0 Å². The molecule has 2 aromatic rings. The molecule has 0 N–H and O–H groups in total. The summed E-state index contributed by atoms with van der Waals surface area (Å²) in [5.41, 5.74) is 0. The van der Waals surface area contributed by atoms with Crippen molar-refractivity contribution in [2.45, 2.75) is 31.7 Å². The third-order valence-corrected chi connectivity index (χ3v) is 6.47. The molecule has 1 aliphatic carbocycles. The highest BCUT2D eigenvalue weighted by Gasteiger charge is 2.32. The number of carbonyl (C=O) groups is 1. The lowest BCUT2D eigenvalue weighted by atomic mass is 10.2. The molecule has 0 bridgehead atoms. The Morgan fingerprint density at radius 2 is 2.13 bits per heavy atom. The molecule has 2 fully saturated rings. The Morgan fingerprint density at radius 3 is 2.91 bits per heavy atom. The van der Waals surface area contributed by atoms with Gasteiger partial charge in [-0.2, -0.15) is 0 Å². The second kappa shape index (κ2) is 6.42. The van der Waals surface area contributed by atoms with Gasteiger partial charge in [0.1, 0.15) is 11.5 Å². The van der Waals surface area contributed by atoms with Gasteiger partial charge < -0.3 is 4.74 Å². The monoisotopic (exact) mass is 349 g/mol. The van der Waals surface area contributed by atoms with Crippen molar-refractivity contribution in [1.29, 1.82) is 0 Å². The molecule has 1 aliphatic heterocycles. The quantitative estimate of drug-likeness (QED) is 0.739. The van der Waals surface area contributed by atoms with Crippen molar-refractivity contribution in [3.63, 3.8) is 0 Å². The molecule has 0 spiro atoms. The van der Waals surface area contributed by atoms with Crippen LogP contribution in [-0.4, -0.2) is 36.6 Å². The molecule has 122 valence electrons. The summed E-state index contributed by atoms with van der Waals surface area (Å²) in [5.74, 6) is 0.595. The zero-order valence-corrected chi connectivity index (χ0v) is 14.5. The fourth-order valence-electron chi connectivity index (χ4n) is 3.34. The Hall–Kier alpha value is -1.10. The Morgan fingerprint density at radius 1 is 1.30 bits per heavy atom. The maximum atomic E-state index is 12.4. The first-order valence-electron chi connectivity index (χ1n) is 8.30. The fraction of sp³-hybridized carbons (Fsp3) is 0.500. The first kappa shape index (κ1) is 15.4. The number of halogens is 1. The van der Waals surface area contributed by atoms with Gasteiger partial charge in [-0.25, -0.2) is 4.79 Å². The summed E-state index contributed by atoms with van der Waals surface area (Å²) in [4.78, 5) is 15.4. The first-order valence-corrected chi connectivity index (χ1v) is 9.50. The number of carbonyl (C=O) groups excluding carboxylic acids is 1. The predicted octanol–water partition coefficient (Wildman–Crippen LogP) is 4.59. The molecule has 23 heavy (non-hydrogen) atoms. The van der Waals surface area contributed by atoms with Crippen LogP contribution >= 0.6 is 22.9 Å². The lowest BCUT2D eigenvalue weighted by molar-refractivity contribution is 0.0399. The number of esters is 1. The molecule has 2 heterocycles. The number of hydrogen-bond acceptors (Lipinski definition) is 4. The van der Waals surface area contributed by atoms with Gasteiger partial charge in [0.2, 0.25) is 0 Å². The summed E-state index contributed by atoms with van der Waals surface area (Å²) in [7, 11) is 0. The lowest BCUT2D eigenvalue weighted by Crippen LogP contribution is -2.35. The minimum atomic E-state index is -0.283. The van der Waals surface area contributed by atoms with Crippen molar-refractivity contribution < 1.29 is 9.53 Å². The Bertz CT molecular complexity index is 725. The van der Waals surface area contributed by atoms with Crippen LogP contribution in [-0.2, 0) is 4.74 Å². The van der Waals surface area contributed by atoms with Crippen LogP contribution in [0.2, 0.25) is 5.02 Å². The second-order valence-corrected chi connectivity index (χ2v) is 8.00. The second-order valence-electron chi connectivity index (χ2n) is 6.57. The SMILES string of the molecule is O=C(OCC1CCCN1CC1CC1)c1sc2ccccc2c1Cl. The van der Waals surface area contributed by atoms with E-state index >= 15 is 0 Å². The van der Waals surface area contributed by atoms with Crippen LogP contribution in [0.25, 0.3) is 10.1 Å². The van der Waals surface area contributed by atoms with E-state index in [-0.39, 0.29) is 5.97 Å². The molecule has 0 amide bonds. The van der Waals surface area contributed by atoms with Gasteiger partial charge >= 0.3 is 5.97 Å². The standard InChI is InChI=1S/C18H20ClNO2S/c19-16-14-5-1-2-6-15(14)23-17(16)18(21)22-11-13-4-3-9-20(13)10-12-7-8-12/h1-2,5-6,12-13H,3-4,7-11H2. The zero-order valence-electron chi connectivity index (χ0n) is 13.0. The average Bonchev–Trinajstić information content (AvgIpc) is 3.16. The van der Waals surface area contributed by atoms with E-state index in [2.05, 4.69) is 4.90 Å². The molecule has 1 saturated carbocycles. The Labute approximate surface area is 145 Å². The van der Waals surface area contributed by atoms with Crippen molar-refractivity contribution >= 4 is 39.0 Å². The molecule has 3 nitrogen and oxygen atoms in total. The third kappa shape index (κ3) is 3.25. The molecule has 1 unspecified atom stereocenters. The molecule has 2 aliphatic rings. The summed E-state index contributed by atoms with van der Waals surface area (Å²) in [6, 6.07) is 8.20. The first-order chi connectivity index (χ1) is 11.2. The third-order valence-electron chi connectivity index (χ3n) is 4.82. The average molecular weight is 350 g/mol. The van der Waals surface area contributed by atoms with Crippen molar-refractivity contribution in [1.82, 2.24) is 4.90 Å². The smallest absolute Gasteiger partial charge is 0.349 e. The van der Waals surface area contributed by atoms with Gasteiger partial charge in [-0.05, 0) is 44.2 Å². The van der Waals surface area contributed by atoms with Gasteiger partial charge in [-0.15, -0.1) is 11.3 Å². The number of benzene rings is 1.